The van der Waals surface area contributed by atoms with E-state index in [1.807, 2.05) is 0 Å². The fourth-order valence-electron chi connectivity index (χ4n) is 2.93. The van der Waals surface area contributed by atoms with E-state index in [4.69, 9.17) is 10.2 Å². The number of nitrogens with two attached hydrogens (primary N) is 1. The van der Waals surface area contributed by atoms with Crippen LogP contribution in [0.1, 0.15) is 44.0 Å². The Morgan fingerprint density at radius 1 is 1.22 bits per heavy atom. The number of methoxy groups -OCH3 is 1. The van der Waals surface area contributed by atoms with Crippen molar-refractivity contribution in [1.82, 2.24) is 4.98 Å². The molecule has 0 aliphatic rings. The van der Waals surface area contributed by atoms with Gasteiger partial charge in [-0.1, -0.05) is 30.1 Å². The summed E-state index contributed by atoms with van der Waals surface area (Å²) in [6, 6.07) is 9.98. The van der Waals surface area contributed by atoms with Gasteiger partial charge in [-0.15, -0.1) is 0 Å². The summed E-state index contributed by atoms with van der Waals surface area (Å²) in [6.45, 7) is 1.77. The largest absolute Gasteiger partial charge is 0.469 e. The molecule has 0 aliphatic heterocycles. The van der Waals surface area contributed by atoms with Crippen molar-refractivity contribution in [3.8, 4) is 11.8 Å². The van der Waals surface area contributed by atoms with E-state index in [1.165, 1.54) is 37.8 Å². The van der Waals surface area contributed by atoms with Gasteiger partial charge in [0.25, 0.3) is 11.8 Å². The molecule has 0 saturated carbocycles. The van der Waals surface area contributed by atoms with Gasteiger partial charge in [0, 0.05) is 39.4 Å². The number of nitrogens with one attached hydrogen (secondary N) is 1. The lowest BCUT2D eigenvalue weighted by Crippen LogP contribution is -2.12. The van der Waals surface area contributed by atoms with E-state index in [1.54, 1.807) is 37.3 Å². The summed E-state index contributed by atoms with van der Waals surface area (Å²) < 4.78 is 25.5. The molecule has 11 heteroatoms. The number of ether oxygens (including phenoxy) is 1. The number of hydrogen-bond donors (Lipinski definition) is 3. The van der Waals surface area contributed by atoms with Crippen LogP contribution in [0.4, 0.5) is 11.5 Å². The van der Waals surface area contributed by atoms with Crippen LogP contribution in [0, 0.1) is 18.8 Å². The van der Waals surface area contributed by atoms with Gasteiger partial charge < -0.3 is 20.2 Å². The van der Waals surface area contributed by atoms with Crippen molar-refractivity contribution >= 4 is 39.9 Å². The molecule has 2 aromatic heterocycles. The number of benzene rings is 1. The van der Waals surface area contributed by atoms with E-state index in [9.17, 15) is 18.6 Å². The zero-order chi connectivity index (χ0) is 26.8. The third kappa shape index (κ3) is 7.91. The first kappa shape index (κ1) is 26.9. The van der Waals surface area contributed by atoms with Crippen molar-refractivity contribution in [2.75, 3.05) is 23.9 Å². The molecule has 0 fully saturated rings. The number of nitrogens with zero attached hydrogens (tertiary/aromatic N) is 2. The Bertz CT molecular complexity index is 1510. The van der Waals surface area contributed by atoms with Gasteiger partial charge in [0.1, 0.15) is 5.82 Å². The summed E-state index contributed by atoms with van der Waals surface area (Å²) in [6.07, 6.45) is 5.71. The van der Waals surface area contributed by atoms with Gasteiger partial charge in [-0.25, -0.2) is 4.98 Å². The third-order valence-corrected chi connectivity index (χ3v) is 5.77. The molecule has 0 spiro atoms. The molecular formula is C26H24N4O6S. The minimum Gasteiger partial charge on any atom is -0.469 e. The summed E-state index contributed by atoms with van der Waals surface area (Å²) in [5.74, 6) is 4.58. The predicted octanol–water partition coefficient (Wildman–Crippen LogP) is 3.14. The molecule has 1 unspecified atom stereocenters. The third-order valence-electron chi connectivity index (χ3n) is 4.84. The molecule has 0 aliphatic carbocycles. The van der Waals surface area contributed by atoms with Crippen molar-refractivity contribution in [2.45, 2.75) is 13.3 Å². The van der Waals surface area contributed by atoms with E-state index in [0.29, 0.717) is 11.3 Å². The minimum absolute atomic E-state index is 0.000496. The average molecular weight is 521 g/mol. The molecule has 2 heterocycles. The van der Waals surface area contributed by atoms with Crippen molar-refractivity contribution in [2.24, 2.45) is 4.36 Å². The molecule has 10 nitrogen and oxygen atoms in total. The van der Waals surface area contributed by atoms with Gasteiger partial charge in [-0.3, -0.25) is 18.6 Å². The van der Waals surface area contributed by atoms with Crippen LogP contribution in [0.3, 0.4) is 0 Å². The van der Waals surface area contributed by atoms with Crippen LogP contribution >= 0.6 is 0 Å². The molecule has 3 aromatic rings. The number of pyridine rings is 1. The number of aromatic nitrogens is 1. The number of hydrogen-bond acceptors (Lipinski definition) is 8. The van der Waals surface area contributed by atoms with Gasteiger partial charge in [-0.05, 0) is 37.3 Å². The summed E-state index contributed by atoms with van der Waals surface area (Å²) in [4.78, 5) is 39.8. The fraction of sp³-hybridized carbons (Fsp3) is 0.154. The highest BCUT2D eigenvalue weighted by Gasteiger charge is 2.13. The van der Waals surface area contributed by atoms with Gasteiger partial charge >= 0.3 is 5.97 Å². The molecule has 0 radical (unpaired) electrons. The Balaban J connectivity index is 1.71. The summed E-state index contributed by atoms with van der Waals surface area (Å²) >= 11 is 0. The molecule has 3 N–H and O–H groups in total. The number of anilines is 2. The van der Waals surface area contributed by atoms with Crippen molar-refractivity contribution in [1.29, 1.82) is 0 Å². The van der Waals surface area contributed by atoms with Gasteiger partial charge in [0.2, 0.25) is 0 Å². The maximum Gasteiger partial charge on any atom is 0.309 e. The van der Waals surface area contributed by atoms with E-state index in [2.05, 4.69) is 31.2 Å². The smallest absolute Gasteiger partial charge is 0.309 e. The first-order chi connectivity index (χ1) is 17.8. The topological polar surface area (TPSA) is 154 Å². The Kier molecular flexibility index (Phi) is 9.35. The zero-order valence-electron chi connectivity index (χ0n) is 20.1. The number of rotatable bonds is 7. The molecule has 2 amide bonds. The summed E-state index contributed by atoms with van der Waals surface area (Å²) in [5.41, 5.74) is 8.09. The van der Waals surface area contributed by atoms with Gasteiger partial charge in [0.15, 0.2) is 5.76 Å². The molecule has 0 saturated heterocycles. The van der Waals surface area contributed by atoms with Crippen LogP contribution in [0.25, 0.3) is 0 Å². The number of carbonyl (C=O) groups is 3. The van der Waals surface area contributed by atoms with Crippen LogP contribution in [0.5, 0.6) is 0 Å². The number of esters is 1. The van der Waals surface area contributed by atoms with Crippen LogP contribution in [-0.4, -0.2) is 39.8 Å². The van der Waals surface area contributed by atoms with E-state index in [-0.39, 0.29) is 40.8 Å². The van der Waals surface area contributed by atoms with Crippen molar-refractivity contribution in [3.63, 3.8) is 0 Å². The zero-order valence-corrected chi connectivity index (χ0v) is 21.0. The molecule has 0 bridgehead atoms. The molecule has 1 atom stereocenters. The van der Waals surface area contributed by atoms with E-state index in [0.717, 1.165) is 5.56 Å². The van der Waals surface area contributed by atoms with Crippen molar-refractivity contribution < 1.29 is 27.7 Å². The normalized spacial score (nSPS) is 11.5. The maximum absolute atomic E-state index is 12.4. The Morgan fingerprint density at radius 3 is 2.76 bits per heavy atom. The lowest BCUT2D eigenvalue weighted by molar-refractivity contribution is -0.139. The molecule has 3 rings (SSSR count). The monoisotopic (exact) mass is 520 g/mol. The molecule has 190 valence electrons. The first-order valence-electron chi connectivity index (χ1n) is 10.9. The Morgan fingerprint density at radius 2 is 2.03 bits per heavy atom. The van der Waals surface area contributed by atoms with Crippen LogP contribution in [0.15, 0.2) is 69.8 Å². The van der Waals surface area contributed by atoms with Crippen molar-refractivity contribution in [3.05, 3.63) is 89.0 Å². The number of furan rings is 1. The predicted molar refractivity (Wildman–Crippen MR) is 139 cm³/mol. The van der Waals surface area contributed by atoms with Crippen LogP contribution < -0.4 is 11.1 Å². The van der Waals surface area contributed by atoms with Crippen LogP contribution in [0.2, 0.25) is 0 Å². The quantitative estimate of drug-likeness (QED) is 0.186. The standard InChI is InChI=1S/C26H24N4O6S/c1-17-11-12-36-23(17)26(33)29-21-7-5-6-18(14-21)9-10-19-15-20(16-28-24(19)27)25(32)30-37(34)13-4-3-8-22(31)35-2/h3-7,11-12,14-16,37H,8,13H2,1-2H3,(H2,27,28)(H,29,33)/b4-3+. The average Bonchev–Trinajstić information content (AvgIpc) is 3.32. The number of aryl methyl sites for hydroxylation is 1. The molecular weight excluding hydrogens is 496 g/mol. The Hall–Kier alpha value is -4.69. The maximum atomic E-state index is 12.4. The fourth-order valence-corrected chi connectivity index (χ4v) is 3.66. The Labute approximate surface area is 215 Å². The van der Waals surface area contributed by atoms with E-state index >= 15 is 0 Å². The highest BCUT2D eigenvalue weighted by molar-refractivity contribution is 7.75. The number of nitrogen functional groups attached to an aromatic ring is 1. The minimum atomic E-state index is -2.22. The lowest BCUT2D eigenvalue weighted by Gasteiger charge is -2.04. The summed E-state index contributed by atoms with van der Waals surface area (Å²) in [5, 5.41) is 2.75. The SMILES string of the molecule is COC(=O)C/C=C/C/[SH](=O)=N\C(=O)c1cnc(N)c(C#Cc2cccc(NC(=O)c3occc3C)c2)c1. The van der Waals surface area contributed by atoms with Crippen LogP contribution in [-0.2, 0) is 20.1 Å². The second-order valence-electron chi connectivity index (χ2n) is 7.57. The highest BCUT2D eigenvalue weighted by Crippen LogP contribution is 2.16. The second kappa shape index (κ2) is 12.9. The molecule has 37 heavy (non-hydrogen) atoms. The number of carbonyl (C=O) groups excluding carboxylic acids is 3. The van der Waals surface area contributed by atoms with E-state index < -0.39 is 22.5 Å². The van der Waals surface area contributed by atoms with Gasteiger partial charge in [-0.2, -0.15) is 4.36 Å². The molecule has 1 aromatic carbocycles. The number of amides is 2. The van der Waals surface area contributed by atoms with Gasteiger partial charge in [0.05, 0.1) is 30.9 Å². The highest BCUT2D eigenvalue weighted by atomic mass is 32.2. The second-order valence-corrected chi connectivity index (χ2v) is 8.84. The number of thiol groups is 1. The lowest BCUT2D eigenvalue weighted by atomic mass is 10.1. The first-order valence-corrected chi connectivity index (χ1v) is 12.3. The summed E-state index contributed by atoms with van der Waals surface area (Å²) in [7, 11) is -0.948.